The predicted molar refractivity (Wildman–Crippen MR) is 54.5 cm³/mol. The number of amides is 1. The van der Waals surface area contributed by atoms with Crippen molar-refractivity contribution in [3.63, 3.8) is 0 Å². The van der Waals surface area contributed by atoms with Crippen LogP contribution in [0.4, 0.5) is 0 Å². The minimum Gasteiger partial charge on any atom is -0.370 e. The molecule has 0 atom stereocenters. The van der Waals surface area contributed by atoms with Crippen LogP contribution in [0.5, 0.6) is 0 Å². The minimum absolute atomic E-state index is 0.278. The number of nitrogens with two attached hydrogens (primary N) is 1. The third-order valence-corrected chi connectivity index (χ3v) is 1.81. The molecule has 0 spiro atoms. The van der Waals surface area contributed by atoms with Crippen LogP contribution in [-0.4, -0.2) is 17.4 Å². The van der Waals surface area contributed by atoms with E-state index in [4.69, 9.17) is 5.73 Å². The molecule has 0 unspecified atom stereocenters. The summed E-state index contributed by atoms with van der Waals surface area (Å²) < 4.78 is 0. The molecule has 0 bridgehead atoms. The van der Waals surface area contributed by atoms with Gasteiger partial charge in [0.2, 0.25) is 5.91 Å². The monoisotopic (exact) mass is 193 g/mol. The molecular weight excluding hydrogens is 178 g/mol. The summed E-state index contributed by atoms with van der Waals surface area (Å²) in [5.41, 5.74) is 7.26. The first-order valence-electron chi connectivity index (χ1n) is 4.58. The van der Waals surface area contributed by atoms with Crippen molar-refractivity contribution in [2.24, 2.45) is 5.73 Å². The Kier molecular flexibility index (Phi) is 4.07. The number of rotatable bonds is 5. The van der Waals surface area contributed by atoms with Crippen molar-refractivity contribution >= 4 is 5.91 Å². The molecule has 0 saturated heterocycles. The number of carbonyl (C=O) groups is 1. The number of primary amides is 1. The van der Waals surface area contributed by atoms with Gasteiger partial charge in [-0.15, -0.1) is 0 Å². The van der Waals surface area contributed by atoms with Crippen molar-refractivity contribution in [3.8, 4) is 0 Å². The van der Waals surface area contributed by atoms with E-state index in [1.54, 1.807) is 0 Å². The Morgan fingerprint density at radius 2 is 2.36 bits per heavy atom. The van der Waals surface area contributed by atoms with Crippen molar-refractivity contribution in [2.45, 2.75) is 19.9 Å². The van der Waals surface area contributed by atoms with Gasteiger partial charge in [-0.05, 0) is 18.1 Å². The lowest BCUT2D eigenvalue weighted by Crippen LogP contribution is -2.21. The van der Waals surface area contributed by atoms with Crippen LogP contribution in [0.2, 0.25) is 0 Å². The van der Waals surface area contributed by atoms with Crippen molar-refractivity contribution in [2.75, 3.05) is 6.54 Å². The highest BCUT2D eigenvalue weighted by Gasteiger charge is 1.95. The summed E-state index contributed by atoms with van der Waals surface area (Å²) >= 11 is 0. The van der Waals surface area contributed by atoms with Gasteiger partial charge < -0.3 is 11.1 Å². The summed E-state index contributed by atoms with van der Waals surface area (Å²) in [5, 5.41) is 3.12. The number of pyridine rings is 1. The van der Waals surface area contributed by atoms with Gasteiger partial charge in [0.15, 0.2) is 0 Å². The van der Waals surface area contributed by atoms with Crippen LogP contribution in [0.3, 0.4) is 0 Å². The second-order valence-electron chi connectivity index (χ2n) is 3.26. The topological polar surface area (TPSA) is 68.0 Å². The Hall–Kier alpha value is -1.42. The molecule has 0 saturated carbocycles. The van der Waals surface area contributed by atoms with Gasteiger partial charge in [0.1, 0.15) is 0 Å². The zero-order valence-electron chi connectivity index (χ0n) is 8.29. The zero-order valence-corrected chi connectivity index (χ0v) is 8.29. The van der Waals surface area contributed by atoms with Crippen LogP contribution in [0.25, 0.3) is 0 Å². The predicted octanol–water partition coefficient (Wildman–Crippen LogP) is 0.355. The fraction of sp³-hybridized carbons (Fsp3) is 0.400. The molecule has 14 heavy (non-hydrogen) atoms. The van der Waals surface area contributed by atoms with Gasteiger partial charge in [0, 0.05) is 31.9 Å². The summed E-state index contributed by atoms with van der Waals surface area (Å²) in [6.45, 7) is 3.34. The van der Waals surface area contributed by atoms with E-state index in [2.05, 4.69) is 16.4 Å². The summed E-state index contributed by atoms with van der Waals surface area (Å²) in [7, 11) is 0. The van der Waals surface area contributed by atoms with Crippen molar-refractivity contribution in [1.82, 2.24) is 10.3 Å². The van der Waals surface area contributed by atoms with E-state index in [1.165, 1.54) is 0 Å². The highest BCUT2D eigenvalue weighted by Crippen LogP contribution is 2.00. The molecule has 0 aliphatic carbocycles. The molecule has 4 heteroatoms. The van der Waals surface area contributed by atoms with Crippen molar-refractivity contribution in [3.05, 3.63) is 29.6 Å². The van der Waals surface area contributed by atoms with E-state index in [0.717, 1.165) is 17.7 Å². The van der Waals surface area contributed by atoms with Crippen LogP contribution < -0.4 is 11.1 Å². The van der Waals surface area contributed by atoms with Gasteiger partial charge in [-0.2, -0.15) is 0 Å². The second-order valence-corrected chi connectivity index (χ2v) is 3.26. The molecule has 0 radical (unpaired) electrons. The van der Waals surface area contributed by atoms with Gasteiger partial charge in [-0.1, -0.05) is 6.07 Å². The third kappa shape index (κ3) is 4.00. The maximum Gasteiger partial charge on any atom is 0.218 e. The summed E-state index contributed by atoms with van der Waals surface area (Å²) in [5.74, 6) is -0.278. The second kappa shape index (κ2) is 5.34. The zero-order chi connectivity index (χ0) is 10.4. The van der Waals surface area contributed by atoms with Crippen LogP contribution in [0.1, 0.15) is 17.5 Å². The summed E-state index contributed by atoms with van der Waals surface area (Å²) in [6.07, 6.45) is 4.00. The molecule has 1 aromatic heterocycles. The van der Waals surface area contributed by atoms with Crippen molar-refractivity contribution < 1.29 is 4.79 Å². The highest BCUT2D eigenvalue weighted by atomic mass is 16.1. The Bertz CT molecular complexity index is 312. The molecule has 0 aliphatic rings. The fourth-order valence-corrected chi connectivity index (χ4v) is 1.16. The average molecular weight is 193 g/mol. The quantitative estimate of drug-likeness (QED) is 0.663. The standard InChI is InChI=1S/C10H15N3O/c1-8-4-9(7-13-5-8)6-12-3-2-10(11)14/h4-5,7,12H,2-3,6H2,1H3,(H2,11,14). The number of nitrogens with one attached hydrogen (secondary N) is 1. The lowest BCUT2D eigenvalue weighted by molar-refractivity contribution is -0.117. The SMILES string of the molecule is Cc1cncc(CNCCC(N)=O)c1. The van der Waals surface area contributed by atoms with Crippen LogP contribution >= 0.6 is 0 Å². The van der Waals surface area contributed by atoms with Crippen molar-refractivity contribution in [1.29, 1.82) is 0 Å². The largest absolute Gasteiger partial charge is 0.370 e. The molecule has 0 aliphatic heterocycles. The lowest BCUT2D eigenvalue weighted by Gasteiger charge is -2.03. The number of nitrogens with zero attached hydrogens (tertiary/aromatic N) is 1. The number of aromatic nitrogens is 1. The van der Waals surface area contributed by atoms with Gasteiger partial charge in [-0.25, -0.2) is 0 Å². The number of aryl methyl sites for hydroxylation is 1. The lowest BCUT2D eigenvalue weighted by atomic mass is 10.2. The summed E-state index contributed by atoms with van der Waals surface area (Å²) in [6, 6.07) is 2.06. The van der Waals surface area contributed by atoms with Gasteiger partial charge >= 0.3 is 0 Å². The Morgan fingerprint density at radius 3 is 3.00 bits per heavy atom. The molecule has 1 heterocycles. The van der Waals surface area contributed by atoms with Crippen LogP contribution in [0.15, 0.2) is 18.5 Å². The van der Waals surface area contributed by atoms with E-state index in [0.29, 0.717) is 13.0 Å². The molecule has 4 nitrogen and oxygen atoms in total. The van der Waals surface area contributed by atoms with E-state index in [-0.39, 0.29) is 5.91 Å². The smallest absolute Gasteiger partial charge is 0.218 e. The maximum absolute atomic E-state index is 10.4. The molecule has 0 fully saturated rings. The number of carbonyl (C=O) groups excluding carboxylic acids is 1. The van der Waals surface area contributed by atoms with Gasteiger partial charge in [0.05, 0.1) is 0 Å². The maximum atomic E-state index is 10.4. The van der Waals surface area contributed by atoms with E-state index >= 15 is 0 Å². The van der Waals surface area contributed by atoms with E-state index in [1.807, 2.05) is 19.3 Å². The number of hydrogen-bond donors (Lipinski definition) is 2. The highest BCUT2D eigenvalue weighted by molar-refractivity contribution is 5.73. The Labute approximate surface area is 83.5 Å². The van der Waals surface area contributed by atoms with Gasteiger partial charge in [0.25, 0.3) is 0 Å². The molecule has 3 N–H and O–H groups in total. The molecule has 1 amide bonds. The molecule has 76 valence electrons. The van der Waals surface area contributed by atoms with Crippen LogP contribution in [-0.2, 0) is 11.3 Å². The van der Waals surface area contributed by atoms with Gasteiger partial charge in [-0.3, -0.25) is 9.78 Å². The summed E-state index contributed by atoms with van der Waals surface area (Å²) in [4.78, 5) is 14.5. The first kappa shape index (κ1) is 10.7. The Balaban J connectivity index is 2.28. The average Bonchev–Trinajstić information content (AvgIpc) is 2.12. The van der Waals surface area contributed by atoms with E-state index < -0.39 is 0 Å². The first-order valence-corrected chi connectivity index (χ1v) is 4.58. The molecular formula is C10H15N3O. The molecule has 1 aromatic rings. The first-order chi connectivity index (χ1) is 6.68. The number of hydrogen-bond acceptors (Lipinski definition) is 3. The van der Waals surface area contributed by atoms with E-state index in [9.17, 15) is 4.79 Å². The minimum atomic E-state index is -0.278. The Morgan fingerprint density at radius 1 is 1.57 bits per heavy atom. The van der Waals surface area contributed by atoms with Crippen LogP contribution in [0, 0.1) is 6.92 Å². The molecule has 0 aromatic carbocycles. The third-order valence-electron chi connectivity index (χ3n) is 1.81. The normalized spacial score (nSPS) is 10.1. The molecule has 1 rings (SSSR count). The fourth-order valence-electron chi connectivity index (χ4n) is 1.16.